The van der Waals surface area contributed by atoms with Gasteiger partial charge in [-0.15, -0.1) is 7.94 Å². The average Bonchev–Trinajstić information content (AvgIpc) is 3.04. The zero-order chi connectivity index (χ0) is 17.8. The Hall–Kier alpha value is -1.34. The first-order valence-electron chi connectivity index (χ1n) is 8.21. The van der Waals surface area contributed by atoms with Crippen molar-refractivity contribution < 1.29 is 14.7 Å². The van der Waals surface area contributed by atoms with Crippen LogP contribution in [0.5, 0.6) is 0 Å². The van der Waals surface area contributed by atoms with Gasteiger partial charge in [-0.2, -0.15) is 0 Å². The minimum atomic E-state index is -4.83. The van der Waals surface area contributed by atoms with E-state index in [-0.39, 0.29) is 5.06 Å². The molecule has 128 valence electrons. The summed E-state index contributed by atoms with van der Waals surface area (Å²) in [6.07, 6.45) is 0.715. The predicted molar refractivity (Wildman–Crippen MR) is 99.2 cm³/mol. The fourth-order valence-electron chi connectivity index (χ4n) is 4.11. The lowest BCUT2D eigenvalue weighted by Gasteiger charge is -2.47. The molecular formula is C20H18O3P2-2. The third-order valence-electron chi connectivity index (χ3n) is 5.33. The molecule has 2 aromatic rings. The quantitative estimate of drug-likeness (QED) is 0.782. The van der Waals surface area contributed by atoms with Crippen molar-refractivity contribution >= 4 is 26.8 Å². The third-order valence-corrected chi connectivity index (χ3v) is 10.3. The van der Waals surface area contributed by atoms with Gasteiger partial charge in [-0.1, -0.05) is 73.2 Å². The second-order valence-corrected chi connectivity index (χ2v) is 10.7. The zero-order valence-electron chi connectivity index (χ0n) is 14.1. The molecule has 5 heteroatoms. The number of hydrogen-bond donors (Lipinski definition) is 0. The molecule has 2 aromatic carbocycles. The van der Waals surface area contributed by atoms with Crippen LogP contribution in [-0.2, 0) is 0 Å². The SMILES string of the molecule is CC1=C(c2ccccc2)P2CC1(C)C(c1ccccc1)=C2[P+]([O-])([O-])[O-]. The van der Waals surface area contributed by atoms with E-state index in [1.807, 2.05) is 60.7 Å². The summed E-state index contributed by atoms with van der Waals surface area (Å²) in [5, 5.41) is 1.22. The standard InChI is InChI=1S/C20H20O3P2/c1-14-18(16-11-7-4-8-12-16)24-13-20(14,2)17(19(24)25(21,22)23)15-9-5-3-6-10-15/h3-12H,13H2,1-2H3,(H2,21,22,23)/p-2. The van der Waals surface area contributed by atoms with E-state index in [1.165, 1.54) is 5.57 Å². The maximum Gasteiger partial charge on any atom is 0.0844 e. The Morgan fingerprint density at radius 3 is 1.92 bits per heavy atom. The topological polar surface area (TPSA) is 69.2 Å². The molecule has 0 amide bonds. The number of benzene rings is 2. The van der Waals surface area contributed by atoms with Crippen molar-refractivity contribution in [2.75, 3.05) is 6.16 Å². The van der Waals surface area contributed by atoms with E-state index in [0.29, 0.717) is 6.16 Å². The van der Waals surface area contributed by atoms with Gasteiger partial charge >= 0.3 is 0 Å². The van der Waals surface area contributed by atoms with E-state index >= 15 is 0 Å². The number of fused-ring (bicyclic) bond motifs is 2. The van der Waals surface area contributed by atoms with Gasteiger partial charge in [0.25, 0.3) is 0 Å². The molecule has 2 unspecified atom stereocenters. The molecule has 0 aliphatic carbocycles. The van der Waals surface area contributed by atoms with Crippen LogP contribution in [0.2, 0.25) is 0 Å². The summed E-state index contributed by atoms with van der Waals surface area (Å²) in [6.45, 7) is 4.17. The van der Waals surface area contributed by atoms with Crippen molar-refractivity contribution in [2.45, 2.75) is 13.8 Å². The van der Waals surface area contributed by atoms with E-state index in [2.05, 4.69) is 13.8 Å². The van der Waals surface area contributed by atoms with E-state index in [0.717, 1.165) is 22.0 Å². The lowest BCUT2D eigenvalue weighted by molar-refractivity contribution is -0.422. The molecule has 0 saturated carbocycles. The summed E-state index contributed by atoms with van der Waals surface area (Å²) >= 11 is 0. The lowest BCUT2D eigenvalue weighted by Crippen LogP contribution is -2.34. The fraction of sp³-hybridized carbons (Fsp3) is 0.200. The molecule has 25 heavy (non-hydrogen) atoms. The summed E-state index contributed by atoms with van der Waals surface area (Å²) in [4.78, 5) is 36.7. The number of hydrogen-bond acceptors (Lipinski definition) is 3. The van der Waals surface area contributed by atoms with Gasteiger partial charge in [0.1, 0.15) is 0 Å². The van der Waals surface area contributed by atoms with Crippen molar-refractivity contribution in [1.29, 1.82) is 0 Å². The van der Waals surface area contributed by atoms with Crippen LogP contribution < -0.4 is 14.7 Å². The summed E-state index contributed by atoms with van der Waals surface area (Å²) in [5.74, 6) is 0. The van der Waals surface area contributed by atoms with Crippen LogP contribution >= 0.6 is 15.9 Å². The normalized spacial score (nSPS) is 25.9. The minimum Gasteiger partial charge on any atom is -0.683 e. The van der Waals surface area contributed by atoms with Gasteiger partial charge in [0.05, 0.1) is 5.06 Å². The monoisotopic (exact) mass is 368 g/mol. The second-order valence-electron chi connectivity index (χ2n) is 6.82. The van der Waals surface area contributed by atoms with Crippen LogP contribution in [0.3, 0.4) is 0 Å². The Labute approximate surface area is 149 Å². The third kappa shape index (κ3) is 2.54. The van der Waals surface area contributed by atoms with Gasteiger partial charge in [-0.3, -0.25) is 0 Å². The molecule has 0 radical (unpaired) electrons. The molecule has 0 aromatic heterocycles. The largest absolute Gasteiger partial charge is 0.683 e. The van der Waals surface area contributed by atoms with Crippen LogP contribution in [0.15, 0.2) is 71.3 Å². The molecule has 2 bridgehead atoms. The Kier molecular flexibility index (Phi) is 3.99. The molecule has 0 saturated heterocycles. The summed E-state index contributed by atoms with van der Waals surface area (Å²) in [5.41, 5.74) is 3.42. The number of rotatable bonds is 3. The molecule has 2 atom stereocenters. The maximum absolute atomic E-state index is 12.2. The maximum atomic E-state index is 12.2. The van der Waals surface area contributed by atoms with E-state index in [4.69, 9.17) is 0 Å². The summed E-state index contributed by atoms with van der Waals surface area (Å²) in [6, 6.07) is 19.4. The Bertz CT molecular complexity index is 882. The molecule has 2 heterocycles. The van der Waals surface area contributed by atoms with Gasteiger partial charge < -0.3 is 14.7 Å². The first-order chi connectivity index (χ1) is 11.8. The van der Waals surface area contributed by atoms with E-state index in [1.54, 1.807) is 0 Å². The van der Waals surface area contributed by atoms with Gasteiger partial charge in [0.15, 0.2) is 0 Å². The zero-order valence-corrected chi connectivity index (χ0v) is 15.9. The van der Waals surface area contributed by atoms with Gasteiger partial charge in [0, 0.05) is 11.0 Å². The van der Waals surface area contributed by atoms with E-state index in [9.17, 15) is 14.7 Å². The molecule has 3 nitrogen and oxygen atoms in total. The Balaban J connectivity index is 1.96. The van der Waals surface area contributed by atoms with Crippen molar-refractivity contribution in [2.24, 2.45) is 5.41 Å². The first-order valence-corrected chi connectivity index (χ1v) is 11.3. The predicted octanol–water partition coefficient (Wildman–Crippen LogP) is 3.15. The van der Waals surface area contributed by atoms with Gasteiger partial charge in [-0.25, -0.2) is 0 Å². The Morgan fingerprint density at radius 2 is 1.40 bits per heavy atom. The minimum absolute atomic E-state index is 0.153. The fourth-order valence-corrected chi connectivity index (χ4v) is 9.76. The summed E-state index contributed by atoms with van der Waals surface area (Å²) < 4.78 is 0. The highest BCUT2D eigenvalue weighted by Gasteiger charge is 2.54. The van der Waals surface area contributed by atoms with Crippen LogP contribution in [0, 0.1) is 5.41 Å². The van der Waals surface area contributed by atoms with Crippen molar-refractivity contribution in [3.63, 3.8) is 0 Å². The van der Waals surface area contributed by atoms with Crippen LogP contribution in [0.1, 0.15) is 25.0 Å². The van der Waals surface area contributed by atoms with Crippen molar-refractivity contribution in [1.82, 2.24) is 0 Å². The molecule has 2 aliphatic rings. The molecule has 0 fully saturated rings. The highest BCUT2D eigenvalue weighted by Crippen LogP contribution is 2.83. The van der Waals surface area contributed by atoms with Crippen molar-refractivity contribution in [3.05, 3.63) is 82.4 Å². The van der Waals surface area contributed by atoms with Crippen LogP contribution in [0.4, 0.5) is 0 Å². The van der Waals surface area contributed by atoms with Crippen LogP contribution in [0.25, 0.3) is 10.9 Å². The molecule has 0 spiro atoms. The van der Waals surface area contributed by atoms with Gasteiger partial charge in [-0.05, 0) is 37.4 Å². The second kappa shape index (κ2) is 5.84. The van der Waals surface area contributed by atoms with Gasteiger partial charge in [0.2, 0.25) is 0 Å². The first kappa shape index (κ1) is 17.1. The van der Waals surface area contributed by atoms with E-state index < -0.39 is 21.3 Å². The molecular weight excluding hydrogens is 350 g/mol. The smallest absolute Gasteiger partial charge is 0.0844 e. The Morgan fingerprint density at radius 1 is 0.880 bits per heavy atom. The highest BCUT2D eigenvalue weighted by atomic mass is 31.2. The summed E-state index contributed by atoms with van der Waals surface area (Å²) in [7, 11) is -5.97. The lowest BCUT2D eigenvalue weighted by atomic mass is 9.75. The molecule has 2 aliphatic heterocycles. The number of allylic oxidation sites excluding steroid dienone is 2. The highest BCUT2D eigenvalue weighted by molar-refractivity contribution is 7.87. The van der Waals surface area contributed by atoms with Crippen LogP contribution in [-0.4, -0.2) is 6.16 Å². The average molecular weight is 368 g/mol. The molecule has 0 N–H and O–H groups in total. The van der Waals surface area contributed by atoms with Crippen molar-refractivity contribution in [3.8, 4) is 0 Å². The molecule has 4 rings (SSSR count).